The summed E-state index contributed by atoms with van der Waals surface area (Å²) < 4.78 is 0. The summed E-state index contributed by atoms with van der Waals surface area (Å²) in [6.45, 7) is 0. The van der Waals surface area contributed by atoms with Crippen LogP contribution in [0.1, 0.15) is 10.4 Å². The lowest BCUT2D eigenvalue weighted by atomic mass is 10.2. The molecule has 2 aromatic rings. The van der Waals surface area contributed by atoms with E-state index in [-0.39, 0.29) is 22.1 Å². The van der Waals surface area contributed by atoms with Gasteiger partial charge in [-0.15, -0.1) is 0 Å². The molecule has 0 fully saturated rings. The van der Waals surface area contributed by atoms with Crippen molar-refractivity contribution in [1.82, 2.24) is 4.98 Å². The number of halogens is 1. The number of rotatable bonds is 3. The molecule has 2 rings (SSSR count). The number of nitrogens with one attached hydrogen (secondary N) is 1. The van der Waals surface area contributed by atoms with E-state index in [9.17, 15) is 14.9 Å². The summed E-state index contributed by atoms with van der Waals surface area (Å²) in [5.74, 6) is -0.487. The van der Waals surface area contributed by atoms with Gasteiger partial charge in [-0.3, -0.25) is 14.9 Å². The SMILES string of the molecule is O=C(Nc1ccccc1[N+](=O)[O-])c1ccnc(Cl)c1. The fourth-order valence-corrected chi connectivity index (χ4v) is 1.65. The van der Waals surface area contributed by atoms with Crippen molar-refractivity contribution in [3.05, 3.63) is 63.4 Å². The zero-order valence-corrected chi connectivity index (χ0v) is 10.3. The van der Waals surface area contributed by atoms with E-state index < -0.39 is 10.8 Å². The van der Waals surface area contributed by atoms with Gasteiger partial charge in [0, 0.05) is 17.8 Å². The first kappa shape index (κ1) is 13.0. The molecule has 1 aromatic carbocycles. The van der Waals surface area contributed by atoms with Crippen molar-refractivity contribution < 1.29 is 9.72 Å². The van der Waals surface area contributed by atoms with Gasteiger partial charge in [0.05, 0.1) is 4.92 Å². The van der Waals surface area contributed by atoms with Gasteiger partial charge in [-0.1, -0.05) is 23.7 Å². The number of benzene rings is 1. The van der Waals surface area contributed by atoms with Gasteiger partial charge in [0.1, 0.15) is 10.8 Å². The smallest absolute Gasteiger partial charge is 0.292 e. The van der Waals surface area contributed by atoms with Gasteiger partial charge in [0.2, 0.25) is 0 Å². The lowest BCUT2D eigenvalue weighted by molar-refractivity contribution is -0.383. The number of hydrogen-bond donors (Lipinski definition) is 1. The van der Waals surface area contributed by atoms with Gasteiger partial charge in [0.15, 0.2) is 0 Å². The third-order valence-corrected chi connectivity index (χ3v) is 2.54. The summed E-state index contributed by atoms with van der Waals surface area (Å²) in [6, 6.07) is 8.74. The number of carbonyl (C=O) groups excluding carboxylic acids is 1. The summed E-state index contributed by atoms with van der Waals surface area (Å²) in [5.41, 5.74) is 0.236. The number of nitrogens with zero attached hydrogens (tertiary/aromatic N) is 2. The maximum Gasteiger partial charge on any atom is 0.292 e. The molecule has 0 spiro atoms. The second-order valence-electron chi connectivity index (χ2n) is 3.60. The third kappa shape index (κ3) is 3.05. The van der Waals surface area contributed by atoms with E-state index in [0.717, 1.165) is 0 Å². The number of hydrogen-bond acceptors (Lipinski definition) is 4. The molecule has 0 aliphatic rings. The maximum atomic E-state index is 11.9. The molecule has 1 amide bonds. The van der Waals surface area contributed by atoms with Crippen LogP contribution in [0.4, 0.5) is 11.4 Å². The summed E-state index contributed by atoms with van der Waals surface area (Å²) >= 11 is 5.67. The largest absolute Gasteiger partial charge is 0.316 e. The Morgan fingerprint density at radius 1 is 1.32 bits per heavy atom. The highest BCUT2D eigenvalue weighted by Gasteiger charge is 2.15. The second kappa shape index (κ2) is 5.45. The Morgan fingerprint density at radius 2 is 2.05 bits per heavy atom. The van der Waals surface area contributed by atoms with Gasteiger partial charge in [-0.05, 0) is 18.2 Å². The van der Waals surface area contributed by atoms with E-state index in [0.29, 0.717) is 0 Å². The van der Waals surface area contributed by atoms with Crippen molar-refractivity contribution in [2.75, 3.05) is 5.32 Å². The number of pyridine rings is 1. The molecule has 6 nitrogen and oxygen atoms in total. The van der Waals surface area contributed by atoms with E-state index in [4.69, 9.17) is 11.6 Å². The van der Waals surface area contributed by atoms with Crippen LogP contribution in [-0.4, -0.2) is 15.8 Å². The molecule has 0 unspecified atom stereocenters. The van der Waals surface area contributed by atoms with Crippen LogP contribution in [0.3, 0.4) is 0 Å². The van der Waals surface area contributed by atoms with Crippen molar-refractivity contribution in [3.8, 4) is 0 Å². The minimum atomic E-state index is -0.560. The van der Waals surface area contributed by atoms with Gasteiger partial charge < -0.3 is 5.32 Å². The average Bonchev–Trinajstić information content (AvgIpc) is 2.39. The maximum absolute atomic E-state index is 11.9. The van der Waals surface area contributed by atoms with E-state index in [1.54, 1.807) is 6.07 Å². The molecule has 0 bridgehead atoms. The molecule has 0 saturated carbocycles. The van der Waals surface area contributed by atoms with E-state index in [2.05, 4.69) is 10.3 Å². The van der Waals surface area contributed by atoms with E-state index in [1.807, 2.05) is 0 Å². The number of para-hydroxylation sites is 2. The fraction of sp³-hybridized carbons (Fsp3) is 0. The zero-order valence-electron chi connectivity index (χ0n) is 9.54. The molecule has 0 aliphatic carbocycles. The lowest BCUT2D eigenvalue weighted by Gasteiger charge is -2.05. The lowest BCUT2D eigenvalue weighted by Crippen LogP contribution is -2.13. The van der Waals surface area contributed by atoms with Gasteiger partial charge >= 0.3 is 0 Å². The Labute approximate surface area is 113 Å². The van der Waals surface area contributed by atoms with Crippen LogP contribution in [0.2, 0.25) is 5.15 Å². The van der Waals surface area contributed by atoms with Gasteiger partial charge in [0.25, 0.3) is 11.6 Å². The number of nitro benzene ring substituents is 1. The molecule has 0 aliphatic heterocycles. The highest BCUT2D eigenvalue weighted by atomic mass is 35.5. The van der Waals surface area contributed by atoms with Crippen LogP contribution < -0.4 is 5.32 Å². The Bertz CT molecular complexity index is 646. The van der Waals surface area contributed by atoms with E-state index >= 15 is 0 Å². The van der Waals surface area contributed by atoms with Crippen LogP contribution in [0.25, 0.3) is 0 Å². The van der Waals surface area contributed by atoms with Crippen LogP contribution in [0.15, 0.2) is 42.6 Å². The number of carbonyl (C=O) groups is 1. The molecule has 7 heteroatoms. The Morgan fingerprint density at radius 3 is 2.74 bits per heavy atom. The standard InChI is InChI=1S/C12H8ClN3O3/c13-11-7-8(5-6-14-11)12(17)15-9-3-1-2-4-10(9)16(18)19/h1-7H,(H,15,17). The Hall–Kier alpha value is -2.47. The summed E-state index contributed by atoms with van der Waals surface area (Å²) in [4.78, 5) is 25.9. The molecule has 1 aromatic heterocycles. The molecule has 96 valence electrons. The first-order valence-electron chi connectivity index (χ1n) is 5.24. The minimum absolute atomic E-state index is 0.130. The number of amides is 1. The van der Waals surface area contributed by atoms with Crippen LogP contribution in [0, 0.1) is 10.1 Å². The molecule has 1 N–H and O–H groups in total. The van der Waals surface area contributed by atoms with E-state index in [1.165, 1.54) is 36.5 Å². The van der Waals surface area contributed by atoms with Crippen molar-refractivity contribution in [2.24, 2.45) is 0 Å². The molecule has 1 heterocycles. The van der Waals surface area contributed by atoms with Crippen LogP contribution >= 0.6 is 11.6 Å². The van der Waals surface area contributed by atoms with Crippen molar-refractivity contribution in [2.45, 2.75) is 0 Å². The first-order valence-corrected chi connectivity index (χ1v) is 5.62. The highest BCUT2D eigenvalue weighted by molar-refractivity contribution is 6.29. The van der Waals surface area contributed by atoms with Crippen molar-refractivity contribution in [1.29, 1.82) is 0 Å². The van der Waals surface area contributed by atoms with Crippen LogP contribution in [0.5, 0.6) is 0 Å². The topological polar surface area (TPSA) is 85.1 Å². The third-order valence-electron chi connectivity index (χ3n) is 2.34. The Balaban J connectivity index is 2.27. The molecular weight excluding hydrogens is 270 g/mol. The molecule has 19 heavy (non-hydrogen) atoms. The second-order valence-corrected chi connectivity index (χ2v) is 3.98. The normalized spacial score (nSPS) is 9.95. The quantitative estimate of drug-likeness (QED) is 0.531. The number of nitro groups is 1. The Kier molecular flexibility index (Phi) is 3.72. The van der Waals surface area contributed by atoms with Gasteiger partial charge in [-0.2, -0.15) is 0 Å². The monoisotopic (exact) mass is 277 g/mol. The predicted molar refractivity (Wildman–Crippen MR) is 70.3 cm³/mol. The highest BCUT2D eigenvalue weighted by Crippen LogP contribution is 2.23. The van der Waals surface area contributed by atoms with Crippen molar-refractivity contribution >= 4 is 28.9 Å². The van der Waals surface area contributed by atoms with Gasteiger partial charge in [-0.25, -0.2) is 4.98 Å². The zero-order chi connectivity index (χ0) is 13.8. The summed E-state index contributed by atoms with van der Waals surface area (Å²) in [7, 11) is 0. The average molecular weight is 278 g/mol. The summed E-state index contributed by atoms with van der Waals surface area (Å²) in [5, 5.41) is 13.5. The molecule has 0 saturated heterocycles. The number of aromatic nitrogens is 1. The fourth-order valence-electron chi connectivity index (χ4n) is 1.48. The predicted octanol–water partition coefficient (Wildman–Crippen LogP) is 2.90. The van der Waals surface area contributed by atoms with Crippen LogP contribution in [-0.2, 0) is 0 Å². The number of anilines is 1. The summed E-state index contributed by atoms with van der Waals surface area (Å²) in [6.07, 6.45) is 1.39. The molecule has 0 radical (unpaired) electrons. The van der Waals surface area contributed by atoms with Crippen molar-refractivity contribution in [3.63, 3.8) is 0 Å². The minimum Gasteiger partial charge on any atom is -0.316 e. The molecular formula is C12H8ClN3O3. The molecule has 0 atom stereocenters. The first-order chi connectivity index (χ1) is 9.08.